The Morgan fingerprint density at radius 3 is 2.94 bits per heavy atom. The van der Waals surface area contributed by atoms with Gasteiger partial charge in [-0.05, 0) is 89.2 Å². The summed E-state index contributed by atoms with van der Waals surface area (Å²) in [7, 11) is 1.48. The molecule has 2 N–H and O–H groups in total. The Balaban J connectivity index is 1.58. The molecule has 3 aromatic rings. The second kappa shape index (κ2) is 8.18. The number of halogens is 2. The number of hydrogen-bond acceptors (Lipinski definition) is 5. The Hall–Kier alpha value is -2.74. The van der Waals surface area contributed by atoms with Crippen molar-refractivity contribution in [3.63, 3.8) is 0 Å². The number of methoxy groups -OCH3 is 1. The number of ether oxygens (including phenoxy) is 1. The minimum Gasteiger partial charge on any atom is -0.504 e. The zero-order valence-corrected chi connectivity index (χ0v) is 21.0. The number of H-pyrrole nitrogens is 1. The fourth-order valence-corrected chi connectivity index (χ4v) is 6.88. The number of esters is 1. The Bertz CT molecular complexity index is 1340. The zero-order chi connectivity index (χ0) is 24.3. The van der Waals surface area contributed by atoms with E-state index in [1.54, 1.807) is 6.07 Å². The van der Waals surface area contributed by atoms with Crippen molar-refractivity contribution < 1.29 is 19.0 Å². The van der Waals surface area contributed by atoms with Crippen LogP contribution >= 0.6 is 15.9 Å². The number of aromatic hydroxyl groups is 1. The summed E-state index contributed by atoms with van der Waals surface area (Å²) in [5.41, 5.74) is 3.76. The Labute approximate surface area is 205 Å². The fourth-order valence-electron chi connectivity index (χ4n) is 6.37. The van der Waals surface area contributed by atoms with Crippen LogP contribution < -0.4 is 0 Å². The van der Waals surface area contributed by atoms with Gasteiger partial charge in [-0.1, -0.05) is 19.4 Å². The van der Waals surface area contributed by atoms with Gasteiger partial charge in [0, 0.05) is 16.3 Å². The molecule has 0 bridgehead atoms. The van der Waals surface area contributed by atoms with E-state index in [4.69, 9.17) is 4.74 Å². The highest BCUT2D eigenvalue weighted by molar-refractivity contribution is 9.10. The number of imidazole rings is 1. The van der Waals surface area contributed by atoms with E-state index in [1.165, 1.54) is 36.6 Å². The molecule has 1 heterocycles. The van der Waals surface area contributed by atoms with Crippen LogP contribution in [0.5, 0.6) is 5.75 Å². The SMILES string of the molecule is COC(=O)[C@]1(C)CCC[C@]2(C)c3cc(Br)c4nc(N=Cc5cccc(F)c5O)[nH]c4c3CC[C@@H]12. The quantitative estimate of drug-likeness (QED) is 0.318. The lowest BCUT2D eigenvalue weighted by atomic mass is 9.50. The molecule has 0 amide bonds. The van der Waals surface area contributed by atoms with E-state index in [0.29, 0.717) is 5.95 Å². The van der Waals surface area contributed by atoms with Crippen molar-refractivity contribution in [3.05, 3.63) is 51.2 Å². The Morgan fingerprint density at radius 2 is 2.18 bits per heavy atom. The number of phenolic OH excluding ortho intramolecular Hbond substituents is 1. The third-order valence-electron chi connectivity index (χ3n) is 8.04. The van der Waals surface area contributed by atoms with Crippen LogP contribution in [0.25, 0.3) is 11.0 Å². The van der Waals surface area contributed by atoms with Gasteiger partial charge < -0.3 is 14.8 Å². The van der Waals surface area contributed by atoms with Gasteiger partial charge in [0.05, 0.1) is 18.0 Å². The van der Waals surface area contributed by atoms with Gasteiger partial charge in [0.2, 0.25) is 5.95 Å². The maximum Gasteiger partial charge on any atom is 0.311 e. The number of aromatic amines is 1. The van der Waals surface area contributed by atoms with Gasteiger partial charge in [-0.15, -0.1) is 0 Å². The highest BCUT2D eigenvalue weighted by atomic mass is 79.9. The number of phenols is 1. The van der Waals surface area contributed by atoms with Crippen LogP contribution in [0.4, 0.5) is 10.3 Å². The van der Waals surface area contributed by atoms with Crippen LogP contribution in [0.3, 0.4) is 0 Å². The van der Waals surface area contributed by atoms with Crippen molar-refractivity contribution in [1.29, 1.82) is 0 Å². The van der Waals surface area contributed by atoms with Crippen molar-refractivity contribution in [3.8, 4) is 5.75 Å². The molecule has 0 spiro atoms. The first kappa shape index (κ1) is 23.0. The summed E-state index contributed by atoms with van der Waals surface area (Å²) in [6.45, 7) is 4.33. The molecular formula is C26H27BrFN3O3. The monoisotopic (exact) mass is 527 g/mol. The number of aryl methyl sites for hydroxylation is 1. The molecule has 1 aromatic heterocycles. The summed E-state index contributed by atoms with van der Waals surface area (Å²) in [5.74, 6) is -0.686. The summed E-state index contributed by atoms with van der Waals surface area (Å²) in [6.07, 6.45) is 5.92. The fraction of sp³-hybridized carbons (Fsp3) is 0.423. The molecule has 8 heteroatoms. The predicted molar refractivity (Wildman–Crippen MR) is 132 cm³/mol. The first-order valence-electron chi connectivity index (χ1n) is 11.5. The number of para-hydroxylation sites is 1. The van der Waals surface area contributed by atoms with Gasteiger partial charge in [-0.25, -0.2) is 14.4 Å². The number of nitrogens with one attached hydrogen (secondary N) is 1. The predicted octanol–water partition coefficient (Wildman–Crippen LogP) is 6.10. The van der Waals surface area contributed by atoms with E-state index in [9.17, 15) is 14.3 Å². The number of fused-ring (bicyclic) bond motifs is 5. The summed E-state index contributed by atoms with van der Waals surface area (Å²) in [4.78, 5) is 25.1. The number of benzene rings is 2. The number of nitrogens with zero attached hydrogens (tertiary/aromatic N) is 2. The summed E-state index contributed by atoms with van der Waals surface area (Å²) < 4.78 is 19.7. The molecular weight excluding hydrogens is 501 g/mol. The molecule has 1 fully saturated rings. The maximum atomic E-state index is 13.6. The first-order valence-corrected chi connectivity index (χ1v) is 12.3. The van der Waals surface area contributed by atoms with E-state index in [2.05, 4.69) is 50.8 Å². The summed E-state index contributed by atoms with van der Waals surface area (Å²) >= 11 is 3.70. The van der Waals surface area contributed by atoms with Crippen LogP contribution in [0.15, 0.2) is 33.7 Å². The lowest BCUT2D eigenvalue weighted by Gasteiger charge is -2.54. The molecule has 5 rings (SSSR count). The largest absolute Gasteiger partial charge is 0.504 e. The van der Waals surface area contributed by atoms with Crippen LogP contribution in [0.1, 0.15) is 56.2 Å². The molecule has 34 heavy (non-hydrogen) atoms. The van der Waals surface area contributed by atoms with E-state index < -0.39 is 17.0 Å². The number of rotatable bonds is 3. The average Bonchev–Trinajstić information content (AvgIpc) is 3.25. The number of carbonyl (C=O) groups is 1. The number of hydrogen-bond donors (Lipinski definition) is 2. The maximum absolute atomic E-state index is 13.6. The first-order chi connectivity index (χ1) is 16.2. The van der Waals surface area contributed by atoms with Crippen molar-refractivity contribution in [2.75, 3.05) is 7.11 Å². The van der Waals surface area contributed by atoms with E-state index in [-0.39, 0.29) is 22.9 Å². The minimum atomic E-state index is -0.695. The summed E-state index contributed by atoms with van der Waals surface area (Å²) in [5, 5.41) is 9.92. The molecule has 0 radical (unpaired) electrons. The van der Waals surface area contributed by atoms with Crippen molar-refractivity contribution in [1.82, 2.24) is 9.97 Å². The van der Waals surface area contributed by atoms with E-state index >= 15 is 0 Å². The van der Waals surface area contributed by atoms with Gasteiger partial charge >= 0.3 is 5.97 Å². The molecule has 2 aliphatic carbocycles. The highest BCUT2D eigenvalue weighted by Crippen LogP contribution is 2.58. The van der Waals surface area contributed by atoms with Gasteiger partial charge in [-0.3, -0.25) is 4.79 Å². The van der Waals surface area contributed by atoms with Crippen LogP contribution in [0, 0.1) is 17.2 Å². The minimum absolute atomic E-state index is 0.120. The molecule has 6 nitrogen and oxygen atoms in total. The van der Waals surface area contributed by atoms with Crippen LogP contribution in [0.2, 0.25) is 0 Å². The van der Waals surface area contributed by atoms with Gasteiger partial charge in [0.25, 0.3) is 0 Å². The zero-order valence-electron chi connectivity index (χ0n) is 19.4. The van der Waals surface area contributed by atoms with Crippen LogP contribution in [-0.4, -0.2) is 34.4 Å². The average molecular weight is 528 g/mol. The molecule has 3 atom stereocenters. The smallest absolute Gasteiger partial charge is 0.311 e. The topological polar surface area (TPSA) is 87.6 Å². The number of carbonyl (C=O) groups excluding carboxylic acids is 1. The molecule has 2 aliphatic rings. The van der Waals surface area contributed by atoms with E-state index in [1.807, 2.05) is 0 Å². The van der Waals surface area contributed by atoms with E-state index in [0.717, 1.165) is 47.6 Å². The second-order valence-corrected chi connectivity index (χ2v) is 10.7. The second-order valence-electron chi connectivity index (χ2n) is 9.88. The number of aromatic nitrogens is 2. The molecule has 2 aromatic carbocycles. The van der Waals surface area contributed by atoms with Crippen molar-refractivity contribution in [2.45, 2.75) is 51.4 Å². The normalized spacial score (nSPS) is 26.4. The number of aliphatic imine (C=N–C) groups is 1. The van der Waals surface area contributed by atoms with Gasteiger partial charge in [0.1, 0.15) is 5.52 Å². The summed E-state index contributed by atoms with van der Waals surface area (Å²) in [6, 6.07) is 6.46. The standard InChI is InChI=1S/C26H27BrFN3O3/c1-25-10-5-11-26(2,23(33)34-3)19(25)9-8-15-16(25)12-17(27)21-20(15)30-24(31-21)29-13-14-6-4-7-18(28)22(14)32/h4,6-7,12-13,19,32H,5,8-11H2,1-3H3,(H,30,31)/t19-,25-,26-/m1/s1. The molecule has 1 saturated carbocycles. The van der Waals surface area contributed by atoms with Crippen LogP contribution in [-0.2, 0) is 21.4 Å². The van der Waals surface area contributed by atoms with Gasteiger partial charge in [-0.2, -0.15) is 0 Å². The molecule has 178 valence electrons. The van der Waals surface area contributed by atoms with Gasteiger partial charge in [0.15, 0.2) is 11.6 Å². The Kier molecular flexibility index (Phi) is 5.54. The third-order valence-corrected chi connectivity index (χ3v) is 8.64. The van der Waals surface area contributed by atoms with Crippen molar-refractivity contribution in [2.24, 2.45) is 16.3 Å². The molecule has 0 saturated heterocycles. The lowest BCUT2D eigenvalue weighted by Crippen LogP contribution is -2.52. The molecule has 0 aliphatic heterocycles. The third kappa shape index (κ3) is 3.37. The van der Waals surface area contributed by atoms with Crippen molar-refractivity contribution >= 4 is 45.1 Å². The Morgan fingerprint density at radius 1 is 1.38 bits per heavy atom. The molecule has 0 unspecified atom stereocenters. The lowest BCUT2D eigenvalue weighted by molar-refractivity contribution is -0.161. The highest BCUT2D eigenvalue weighted by Gasteiger charge is 2.56.